The lowest BCUT2D eigenvalue weighted by Gasteiger charge is -2.35. The molecule has 6 nitrogen and oxygen atoms in total. The van der Waals surface area contributed by atoms with Crippen LogP contribution in [0.25, 0.3) is 11.0 Å². The van der Waals surface area contributed by atoms with Crippen molar-refractivity contribution >= 4 is 22.8 Å². The number of carbonyl (C=O) groups excluding carboxylic acids is 2. The van der Waals surface area contributed by atoms with Crippen LogP contribution in [0.4, 0.5) is 0 Å². The number of aryl methyl sites for hydroxylation is 1. The zero-order chi connectivity index (χ0) is 16.0. The molecule has 6 heteroatoms. The number of carbonyl (C=O) groups is 2. The van der Waals surface area contributed by atoms with Crippen LogP contribution in [0.15, 0.2) is 24.5 Å². The summed E-state index contributed by atoms with van der Waals surface area (Å²) in [5.41, 5.74) is 2.51. The summed E-state index contributed by atoms with van der Waals surface area (Å²) in [6.45, 7) is 2.51. The summed E-state index contributed by atoms with van der Waals surface area (Å²) in [6, 6.07) is 5.63. The van der Waals surface area contributed by atoms with E-state index in [1.165, 1.54) is 0 Å². The number of fused-ring (bicyclic) bond motifs is 1. The van der Waals surface area contributed by atoms with Crippen LogP contribution in [0.1, 0.15) is 23.2 Å². The minimum Gasteiger partial charge on any atom is -0.339 e. The topological polar surface area (TPSA) is 58.4 Å². The van der Waals surface area contributed by atoms with E-state index in [1.807, 2.05) is 39.6 Å². The first-order chi connectivity index (χ1) is 11.1. The first kappa shape index (κ1) is 14.2. The van der Waals surface area contributed by atoms with Gasteiger partial charge in [-0.2, -0.15) is 0 Å². The molecular formula is C17H20N4O2. The first-order valence-electron chi connectivity index (χ1n) is 8.12. The van der Waals surface area contributed by atoms with Crippen LogP contribution >= 0.6 is 0 Å². The van der Waals surface area contributed by atoms with Crippen molar-refractivity contribution in [3.05, 3.63) is 30.1 Å². The molecule has 1 aromatic heterocycles. The van der Waals surface area contributed by atoms with Crippen molar-refractivity contribution in [2.75, 3.05) is 26.2 Å². The van der Waals surface area contributed by atoms with Gasteiger partial charge in [0.25, 0.3) is 5.91 Å². The maximum atomic E-state index is 12.7. The molecule has 120 valence electrons. The van der Waals surface area contributed by atoms with Crippen molar-refractivity contribution < 1.29 is 9.59 Å². The second-order valence-electron chi connectivity index (χ2n) is 6.45. The Labute approximate surface area is 134 Å². The second-order valence-corrected chi connectivity index (χ2v) is 6.45. The molecule has 0 unspecified atom stereocenters. The van der Waals surface area contributed by atoms with E-state index in [0.29, 0.717) is 31.7 Å². The molecule has 2 aliphatic rings. The molecule has 0 spiro atoms. The fourth-order valence-electron chi connectivity index (χ4n) is 3.17. The van der Waals surface area contributed by atoms with Crippen molar-refractivity contribution in [2.24, 2.45) is 13.0 Å². The Bertz CT molecular complexity index is 770. The summed E-state index contributed by atoms with van der Waals surface area (Å²) in [5.74, 6) is 0.548. The quantitative estimate of drug-likeness (QED) is 0.839. The Balaban J connectivity index is 1.45. The Kier molecular flexibility index (Phi) is 3.32. The van der Waals surface area contributed by atoms with Crippen LogP contribution in [-0.2, 0) is 11.8 Å². The third-order valence-electron chi connectivity index (χ3n) is 4.78. The summed E-state index contributed by atoms with van der Waals surface area (Å²) in [7, 11) is 1.94. The fraction of sp³-hybridized carbons (Fsp3) is 0.471. The van der Waals surface area contributed by atoms with Gasteiger partial charge in [0.1, 0.15) is 0 Å². The van der Waals surface area contributed by atoms with E-state index in [2.05, 4.69) is 4.98 Å². The van der Waals surface area contributed by atoms with Crippen molar-refractivity contribution in [2.45, 2.75) is 12.8 Å². The van der Waals surface area contributed by atoms with Crippen molar-refractivity contribution in [3.8, 4) is 0 Å². The Hall–Kier alpha value is -2.37. The van der Waals surface area contributed by atoms with E-state index in [1.54, 1.807) is 6.33 Å². The number of aromatic nitrogens is 2. The van der Waals surface area contributed by atoms with Gasteiger partial charge in [-0.3, -0.25) is 9.59 Å². The maximum absolute atomic E-state index is 12.7. The molecule has 0 atom stereocenters. The molecule has 23 heavy (non-hydrogen) atoms. The van der Waals surface area contributed by atoms with Crippen LogP contribution in [0.5, 0.6) is 0 Å². The predicted octanol–water partition coefficient (Wildman–Crippen LogP) is 1.27. The highest BCUT2D eigenvalue weighted by atomic mass is 16.2. The van der Waals surface area contributed by atoms with Gasteiger partial charge in [-0.15, -0.1) is 0 Å². The molecule has 2 amide bonds. The summed E-state index contributed by atoms with van der Waals surface area (Å²) < 4.78 is 1.94. The predicted molar refractivity (Wildman–Crippen MR) is 85.9 cm³/mol. The molecule has 1 aromatic carbocycles. The molecule has 2 heterocycles. The van der Waals surface area contributed by atoms with Crippen molar-refractivity contribution in [3.63, 3.8) is 0 Å². The van der Waals surface area contributed by atoms with E-state index < -0.39 is 0 Å². The molecule has 1 saturated carbocycles. The lowest BCUT2D eigenvalue weighted by molar-refractivity contribution is -0.134. The maximum Gasteiger partial charge on any atom is 0.254 e. The number of hydrogen-bond donors (Lipinski definition) is 0. The van der Waals surface area contributed by atoms with E-state index in [-0.39, 0.29) is 17.7 Å². The Morgan fingerprint density at radius 2 is 1.78 bits per heavy atom. The number of amides is 2. The molecule has 4 rings (SSSR count). The molecule has 1 aliphatic carbocycles. The average Bonchev–Trinajstić information content (AvgIpc) is 3.38. The van der Waals surface area contributed by atoms with E-state index >= 15 is 0 Å². The summed E-state index contributed by atoms with van der Waals surface area (Å²) in [5, 5.41) is 0. The molecule has 2 aromatic rings. The van der Waals surface area contributed by atoms with E-state index in [4.69, 9.17) is 0 Å². The standard InChI is InChI=1S/C17H20N4O2/c1-19-11-18-14-10-13(4-5-15(14)19)17(23)21-8-6-20(7-9-21)16(22)12-2-3-12/h4-5,10-12H,2-3,6-9H2,1H3. The van der Waals surface area contributed by atoms with Crippen molar-refractivity contribution in [1.82, 2.24) is 19.4 Å². The number of rotatable bonds is 2. The Morgan fingerprint density at radius 3 is 2.48 bits per heavy atom. The largest absolute Gasteiger partial charge is 0.339 e. The molecule has 2 fully saturated rings. The highest BCUT2D eigenvalue weighted by Crippen LogP contribution is 2.31. The Morgan fingerprint density at radius 1 is 1.09 bits per heavy atom. The second kappa shape index (κ2) is 5.37. The van der Waals surface area contributed by atoms with Gasteiger partial charge in [0.2, 0.25) is 5.91 Å². The fourth-order valence-corrected chi connectivity index (χ4v) is 3.17. The van der Waals surface area contributed by atoms with Crippen LogP contribution in [-0.4, -0.2) is 57.3 Å². The molecule has 0 N–H and O–H groups in total. The lowest BCUT2D eigenvalue weighted by Crippen LogP contribution is -2.51. The van der Waals surface area contributed by atoms with E-state index in [9.17, 15) is 9.59 Å². The zero-order valence-electron chi connectivity index (χ0n) is 13.2. The van der Waals surface area contributed by atoms with Crippen LogP contribution in [0.3, 0.4) is 0 Å². The van der Waals surface area contributed by atoms with Gasteiger partial charge in [0.15, 0.2) is 0 Å². The number of nitrogens with zero attached hydrogens (tertiary/aromatic N) is 4. The summed E-state index contributed by atoms with van der Waals surface area (Å²) in [6.07, 6.45) is 3.81. The van der Waals surface area contributed by atoms with Gasteiger partial charge in [0.05, 0.1) is 17.4 Å². The molecule has 0 radical (unpaired) electrons. The third kappa shape index (κ3) is 2.58. The van der Waals surface area contributed by atoms with Crippen LogP contribution in [0.2, 0.25) is 0 Å². The van der Waals surface area contributed by atoms with Crippen LogP contribution in [0, 0.1) is 5.92 Å². The molecule has 0 bridgehead atoms. The van der Waals surface area contributed by atoms with Gasteiger partial charge in [-0.1, -0.05) is 0 Å². The molecule has 1 aliphatic heterocycles. The van der Waals surface area contributed by atoms with Gasteiger partial charge in [-0.25, -0.2) is 4.98 Å². The minimum atomic E-state index is 0.0241. The molecule has 1 saturated heterocycles. The van der Waals surface area contributed by atoms with E-state index in [0.717, 1.165) is 23.9 Å². The van der Waals surface area contributed by atoms with Crippen molar-refractivity contribution in [1.29, 1.82) is 0 Å². The minimum absolute atomic E-state index is 0.0241. The number of imidazole rings is 1. The van der Waals surface area contributed by atoms with Gasteiger partial charge in [-0.05, 0) is 31.0 Å². The lowest BCUT2D eigenvalue weighted by atomic mass is 10.1. The van der Waals surface area contributed by atoms with Crippen LogP contribution < -0.4 is 0 Å². The molecular weight excluding hydrogens is 292 g/mol. The zero-order valence-corrected chi connectivity index (χ0v) is 13.2. The number of hydrogen-bond acceptors (Lipinski definition) is 3. The normalized spacial score (nSPS) is 18.5. The average molecular weight is 312 g/mol. The SMILES string of the molecule is Cn1cnc2cc(C(=O)N3CCN(C(=O)C4CC4)CC3)ccc21. The van der Waals surface area contributed by atoms with Gasteiger partial charge >= 0.3 is 0 Å². The smallest absolute Gasteiger partial charge is 0.254 e. The summed E-state index contributed by atoms with van der Waals surface area (Å²) in [4.78, 5) is 32.8. The van der Waals surface area contributed by atoms with Gasteiger partial charge < -0.3 is 14.4 Å². The van der Waals surface area contributed by atoms with Gasteiger partial charge in [0, 0.05) is 44.7 Å². The summed E-state index contributed by atoms with van der Waals surface area (Å²) >= 11 is 0. The highest BCUT2D eigenvalue weighted by molar-refractivity contribution is 5.97. The monoisotopic (exact) mass is 312 g/mol. The highest BCUT2D eigenvalue weighted by Gasteiger charge is 2.35. The third-order valence-corrected chi connectivity index (χ3v) is 4.78. The number of piperazine rings is 1. The first-order valence-corrected chi connectivity index (χ1v) is 8.12. The number of benzene rings is 1.